The van der Waals surface area contributed by atoms with Gasteiger partial charge in [0, 0.05) is 30.7 Å². The summed E-state index contributed by atoms with van der Waals surface area (Å²) in [6.07, 6.45) is 1.29. The number of nitrogens with one attached hydrogen (secondary N) is 1. The van der Waals surface area contributed by atoms with E-state index in [1.807, 2.05) is 12.1 Å². The van der Waals surface area contributed by atoms with E-state index in [4.69, 9.17) is 0 Å². The van der Waals surface area contributed by atoms with Crippen LogP contribution in [0.5, 0.6) is 5.75 Å². The zero-order valence-corrected chi connectivity index (χ0v) is 25.0. The molecule has 226 valence electrons. The summed E-state index contributed by atoms with van der Waals surface area (Å²) in [5.74, 6) is -1.49. The van der Waals surface area contributed by atoms with E-state index >= 15 is 0 Å². The third-order valence-electron chi connectivity index (χ3n) is 7.99. The monoisotopic (exact) mass is 606 g/mol. The number of aromatic nitrogens is 1. The molecule has 3 atom stereocenters. The summed E-state index contributed by atoms with van der Waals surface area (Å²) in [6, 6.07) is 14.4. The molecule has 2 saturated heterocycles. The predicted octanol–water partition coefficient (Wildman–Crippen LogP) is 1.91. The minimum atomic E-state index is -4.32. The minimum Gasteiger partial charge on any atom is -0.618 e. The Morgan fingerprint density at radius 2 is 1.81 bits per heavy atom. The maximum atomic E-state index is 14.0. The fraction of sp³-hybridized carbons (Fsp3) is 0.355. The summed E-state index contributed by atoms with van der Waals surface area (Å²) in [5.41, 5.74) is 1.86. The molecule has 2 N–H and O–H groups in total. The van der Waals surface area contributed by atoms with Gasteiger partial charge in [0.2, 0.25) is 5.91 Å². The van der Waals surface area contributed by atoms with Crippen LogP contribution in [0.25, 0.3) is 0 Å². The molecule has 43 heavy (non-hydrogen) atoms. The second kappa shape index (κ2) is 11.4. The van der Waals surface area contributed by atoms with Gasteiger partial charge in [-0.1, -0.05) is 45.0 Å². The van der Waals surface area contributed by atoms with Crippen LogP contribution in [-0.4, -0.2) is 71.5 Å². The van der Waals surface area contributed by atoms with Crippen LogP contribution in [0.15, 0.2) is 78.0 Å². The smallest absolute Gasteiger partial charge is 0.323 e. The fourth-order valence-corrected chi connectivity index (χ4v) is 7.41. The molecular weight excluding hydrogens is 572 g/mol. The number of sulfonamides is 1. The standard InChI is InChI=1S/C31H34N4O7S/c1-31(2,3)22-12-10-21(11-13-22)29(38)32-24(18-20-7-6-8-23(36)17-20)30(39)33-16-14-25-28(33)26(37)19-35(25)43(41,42)27-9-4-5-15-34(27)40/h4-13,15,17,24-25,28,36H,14,16,18-19H2,1-3H3,(H,32,38). The molecule has 0 aliphatic carbocycles. The number of carbonyl (C=O) groups is 3. The van der Waals surface area contributed by atoms with Crippen molar-refractivity contribution in [2.45, 2.75) is 62.2 Å². The van der Waals surface area contributed by atoms with Gasteiger partial charge in [-0.15, -0.1) is 0 Å². The first-order valence-electron chi connectivity index (χ1n) is 14.0. The predicted molar refractivity (Wildman–Crippen MR) is 156 cm³/mol. The van der Waals surface area contributed by atoms with Crippen LogP contribution in [0.4, 0.5) is 0 Å². The van der Waals surface area contributed by atoms with E-state index in [-0.39, 0.29) is 35.3 Å². The first-order valence-corrected chi connectivity index (χ1v) is 15.4. The SMILES string of the molecule is CC(C)(C)c1ccc(C(=O)NC(Cc2cccc(O)c2)C(=O)N2CCC3C2C(=O)CN3S(=O)(=O)c2cccc[n+]2[O-])cc1. The van der Waals surface area contributed by atoms with Gasteiger partial charge < -0.3 is 20.5 Å². The van der Waals surface area contributed by atoms with E-state index in [9.17, 15) is 33.1 Å². The summed E-state index contributed by atoms with van der Waals surface area (Å²) < 4.78 is 28.0. The first-order chi connectivity index (χ1) is 20.3. The second-order valence-electron chi connectivity index (χ2n) is 11.9. The number of phenolic OH excluding ortho intramolecular Hbond substituents is 1. The van der Waals surface area contributed by atoms with Crippen molar-refractivity contribution in [2.75, 3.05) is 13.1 Å². The van der Waals surface area contributed by atoms with Crippen molar-refractivity contribution in [1.82, 2.24) is 14.5 Å². The Labute approximate surface area is 250 Å². The topological polar surface area (TPSA) is 151 Å². The quantitative estimate of drug-likeness (QED) is 0.308. The molecule has 2 aliphatic rings. The molecule has 2 amide bonds. The number of Topliss-reactive ketones (excluding diaryl/α,β-unsaturated/α-hetero) is 1. The van der Waals surface area contributed by atoms with Crippen LogP contribution in [0.1, 0.15) is 48.7 Å². The van der Waals surface area contributed by atoms with Crippen molar-refractivity contribution >= 4 is 27.6 Å². The highest BCUT2D eigenvalue weighted by molar-refractivity contribution is 7.89. The molecule has 1 aromatic heterocycles. The lowest BCUT2D eigenvalue weighted by Gasteiger charge is -2.28. The third kappa shape index (κ3) is 5.98. The molecule has 5 rings (SSSR count). The highest BCUT2D eigenvalue weighted by atomic mass is 32.2. The number of benzene rings is 2. The number of hydrogen-bond acceptors (Lipinski definition) is 7. The molecular formula is C31H34N4O7S. The molecule has 3 unspecified atom stereocenters. The zero-order chi connectivity index (χ0) is 31.1. The number of fused-ring (bicyclic) bond motifs is 1. The van der Waals surface area contributed by atoms with Crippen LogP contribution in [-0.2, 0) is 31.4 Å². The Balaban J connectivity index is 1.41. The molecule has 3 aromatic rings. The number of phenols is 1. The van der Waals surface area contributed by atoms with E-state index in [0.29, 0.717) is 11.1 Å². The van der Waals surface area contributed by atoms with E-state index in [1.54, 1.807) is 24.3 Å². The van der Waals surface area contributed by atoms with Gasteiger partial charge in [-0.2, -0.15) is 9.04 Å². The molecule has 3 heterocycles. The Kier molecular flexibility index (Phi) is 8.01. The lowest BCUT2D eigenvalue weighted by atomic mass is 9.86. The summed E-state index contributed by atoms with van der Waals surface area (Å²) >= 11 is 0. The molecule has 12 heteroatoms. The fourth-order valence-electron chi connectivity index (χ4n) is 5.76. The van der Waals surface area contributed by atoms with E-state index in [2.05, 4.69) is 26.1 Å². The van der Waals surface area contributed by atoms with E-state index < -0.39 is 57.3 Å². The number of amides is 2. The minimum absolute atomic E-state index is 0.00243. The van der Waals surface area contributed by atoms with Crippen molar-refractivity contribution in [3.8, 4) is 5.75 Å². The normalized spacial score (nSPS) is 19.7. The average molecular weight is 607 g/mol. The molecule has 0 radical (unpaired) electrons. The number of pyridine rings is 1. The summed E-state index contributed by atoms with van der Waals surface area (Å²) in [6.45, 7) is 5.80. The van der Waals surface area contributed by atoms with Crippen molar-refractivity contribution in [3.63, 3.8) is 0 Å². The summed E-state index contributed by atoms with van der Waals surface area (Å²) in [4.78, 5) is 41.9. The van der Waals surface area contributed by atoms with Gasteiger partial charge in [0.1, 0.15) is 17.8 Å². The van der Waals surface area contributed by atoms with Gasteiger partial charge in [0.15, 0.2) is 12.0 Å². The van der Waals surface area contributed by atoms with Gasteiger partial charge in [-0.05, 0) is 53.3 Å². The average Bonchev–Trinajstić information content (AvgIpc) is 3.53. The van der Waals surface area contributed by atoms with Crippen molar-refractivity contribution in [3.05, 3.63) is 94.8 Å². The van der Waals surface area contributed by atoms with Gasteiger partial charge in [0.25, 0.3) is 5.91 Å². The van der Waals surface area contributed by atoms with Crippen LogP contribution in [0.2, 0.25) is 0 Å². The molecule has 11 nitrogen and oxygen atoms in total. The number of carbonyl (C=O) groups excluding carboxylic acids is 3. The number of likely N-dealkylation sites (tertiary alicyclic amines) is 1. The Bertz CT molecular complexity index is 1670. The highest BCUT2D eigenvalue weighted by Crippen LogP contribution is 2.34. The largest absolute Gasteiger partial charge is 0.618 e. The maximum Gasteiger partial charge on any atom is 0.323 e. The maximum absolute atomic E-state index is 14.0. The Morgan fingerprint density at radius 3 is 2.47 bits per heavy atom. The van der Waals surface area contributed by atoms with Crippen molar-refractivity contribution in [2.24, 2.45) is 0 Å². The molecule has 0 saturated carbocycles. The first kappa shape index (κ1) is 30.2. The van der Waals surface area contributed by atoms with Crippen LogP contribution in [0, 0.1) is 5.21 Å². The van der Waals surface area contributed by atoms with E-state index in [0.717, 1.165) is 16.1 Å². The lowest BCUT2D eigenvalue weighted by molar-refractivity contribution is -0.646. The highest BCUT2D eigenvalue weighted by Gasteiger charge is 2.55. The van der Waals surface area contributed by atoms with Gasteiger partial charge >= 0.3 is 15.0 Å². The molecule has 0 spiro atoms. The number of ketones is 1. The Hall–Kier alpha value is -4.29. The summed E-state index contributed by atoms with van der Waals surface area (Å²) in [7, 11) is -4.32. The van der Waals surface area contributed by atoms with Crippen LogP contribution >= 0.6 is 0 Å². The van der Waals surface area contributed by atoms with Gasteiger partial charge in [-0.25, -0.2) is 8.42 Å². The number of nitrogens with zero attached hydrogens (tertiary/aromatic N) is 3. The van der Waals surface area contributed by atoms with Gasteiger partial charge in [-0.3, -0.25) is 14.4 Å². The van der Waals surface area contributed by atoms with E-state index in [1.165, 1.54) is 35.2 Å². The molecule has 2 fully saturated rings. The van der Waals surface area contributed by atoms with Crippen molar-refractivity contribution in [1.29, 1.82) is 0 Å². The second-order valence-corrected chi connectivity index (χ2v) is 13.8. The third-order valence-corrected chi connectivity index (χ3v) is 9.85. The molecule has 2 aliphatic heterocycles. The summed E-state index contributed by atoms with van der Waals surface area (Å²) in [5, 5.41) is 24.5. The van der Waals surface area contributed by atoms with Gasteiger partial charge in [0.05, 0.1) is 12.6 Å². The van der Waals surface area contributed by atoms with Crippen molar-refractivity contribution < 1.29 is 32.6 Å². The molecule has 0 bridgehead atoms. The number of aromatic hydroxyl groups is 1. The van der Waals surface area contributed by atoms with Crippen LogP contribution in [0.3, 0.4) is 0 Å². The zero-order valence-electron chi connectivity index (χ0n) is 24.1. The van der Waals surface area contributed by atoms with Crippen LogP contribution < -0.4 is 10.0 Å². The lowest BCUT2D eigenvalue weighted by Crippen LogP contribution is -2.53. The molecule has 2 aromatic carbocycles. The number of rotatable bonds is 7. The number of hydrogen-bond donors (Lipinski definition) is 2. The Morgan fingerprint density at radius 1 is 1.09 bits per heavy atom.